The minimum absolute atomic E-state index is 0.0315. The summed E-state index contributed by atoms with van der Waals surface area (Å²) in [5.41, 5.74) is 1.62. The first kappa shape index (κ1) is 26.6. The van der Waals surface area contributed by atoms with Gasteiger partial charge in [-0.2, -0.15) is 8.42 Å². The van der Waals surface area contributed by atoms with E-state index in [4.69, 9.17) is 25.3 Å². The predicted molar refractivity (Wildman–Crippen MR) is 142 cm³/mol. The fourth-order valence-corrected chi connectivity index (χ4v) is 5.27. The van der Waals surface area contributed by atoms with E-state index >= 15 is 0 Å². The van der Waals surface area contributed by atoms with Crippen molar-refractivity contribution in [3.8, 4) is 17.2 Å². The molecule has 3 aromatic rings. The highest BCUT2D eigenvalue weighted by Crippen LogP contribution is 2.35. The highest BCUT2D eigenvalue weighted by molar-refractivity contribution is 8.18. The molecule has 0 spiro atoms. The molecular formula is C26H22ClNO7S2. The van der Waals surface area contributed by atoms with Crippen molar-refractivity contribution < 1.29 is 31.7 Å². The van der Waals surface area contributed by atoms with E-state index in [1.165, 1.54) is 49.6 Å². The van der Waals surface area contributed by atoms with Crippen molar-refractivity contribution in [3.05, 3.63) is 87.8 Å². The second kappa shape index (κ2) is 11.3. The Labute approximate surface area is 223 Å². The first-order valence-corrected chi connectivity index (χ1v) is 13.6. The summed E-state index contributed by atoms with van der Waals surface area (Å²) < 4.78 is 41.4. The van der Waals surface area contributed by atoms with Crippen molar-refractivity contribution in [2.24, 2.45) is 0 Å². The van der Waals surface area contributed by atoms with Crippen molar-refractivity contribution in [1.29, 1.82) is 0 Å². The van der Waals surface area contributed by atoms with Crippen molar-refractivity contribution in [2.45, 2.75) is 11.8 Å². The number of hydrogen-bond acceptors (Lipinski definition) is 8. The number of rotatable bonds is 9. The summed E-state index contributed by atoms with van der Waals surface area (Å²) in [4.78, 5) is 26.5. The van der Waals surface area contributed by atoms with Crippen LogP contribution in [0.4, 0.5) is 4.79 Å². The van der Waals surface area contributed by atoms with Gasteiger partial charge in [0.05, 0.1) is 18.6 Å². The van der Waals surface area contributed by atoms with Crippen molar-refractivity contribution in [3.63, 3.8) is 0 Å². The standard InChI is InChI=1S/C26H22ClNO7S2/c1-17-3-8-20(9-4-17)34-14-13-28-25(29)24(36-26(28)30)16-18-5-12-22(23(15-18)33-2)35-37(31,32)21-10-6-19(27)7-11-21/h3-12,15-16H,13-14H2,1-2H3/b24-16-. The fraction of sp³-hybridized carbons (Fsp3) is 0.154. The first-order chi connectivity index (χ1) is 17.7. The Morgan fingerprint density at radius 3 is 2.35 bits per heavy atom. The van der Waals surface area contributed by atoms with Crippen LogP contribution in [-0.4, -0.2) is 44.7 Å². The second-order valence-corrected chi connectivity index (χ2v) is 10.9. The molecule has 3 aromatic carbocycles. The summed E-state index contributed by atoms with van der Waals surface area (Å²) in [6, 6.07) is 17.5. The Kier molecular flexibility index (Phi) is 8.11. The zero-order chi connectivity index (χ0) is 26.6. The van der Waals surface area contributed by atoms with E-state index in [1.54, 1.807) is 6.07 Å². The van der Waals surface area contributed by atoms with Gasteiger partial charge in [-0.1, -0.05) is 35.4 Å². The summed E-state index contributed by atoms with van der Waals surface area (Å²) in [5.74, 6) is 0.320. The number of imide groups is 1. The van der Waals surface area contributed by atoms with Gasteiger partial charge in [0.15, 0.2) is 11.5 Å². The van der Waals surface area contributed by atoms with Crippen LogP contribution in [0.3, 0.4) is 0 Å². The molecule has 4 rings (SSSR count). The van der Waals surface area contributed by atoms with E-state index in [1.807, 2.05) is 31.2 Å². The Morgan fingerprint density at radius 1 is 0.973 bits per heavy atom. The fourth-order valence-electron chi connectivity index (χ4n) is 3.34. The Balaban J connectivity index is 1.45. The number of amides is 2. The Hall–Kier alpha value is -3.47. The predicted octanol–water partition coefficient (Wildman–Crippen LogP) is 5.54. The van der Waals surface area contributed by atoms with Gasteiger partial charge in [0, 0.05) is 5.02 Å². The number of thioether (sulfide) groups is 1. The van der Waals surface area contributed by atoms with E-state index < -0.39 is 21.3 Å². The zero-order valence-electron chi connectivity index (χ0n) is 19.8. The van der Waals surface area contributed by atoms with E-state index in [-0.39, 0.29) is 34.5 Å². The van der Waals surface area contributed by atoms with Gasteiger partial charge in [-0.25, -0.2) is 0 Å². The number of carbonyl (C=O) groups is 2. The molecule has 1 aliphatic rings. The third-order valence-corrected chi connectivity index (χ3v) is 7.67. The summed E-state index contributed by atoms with van der Waals surface area (Å²) >= 11 is 6.64. The molecule has 1 fully saturated rings. The SMILES string of the molecule is COc1cc(/C=C2\SC(=O)N(CCOc3ccc(C)cc3)C2=O)ccc1OS(=O)(=O)c1ccc(Cl)cc1. The molecule has 2 amide bonds. The van der Waals surface area contributed by atoms with Crippen LogP contribution in [0.15, 0.2) is 76.5 Å². The van der Waals surface area contributed by atoms with Gasteiger partial charge in [0.2, 0.25) is 0 Å². The second-order valence-electron chi connectivity index (χ2n) is 7.90. The maximum Gasteiger partial charge on any atom is 0.339 e. The molecule has 0 unspecified atom stereocenters. The molecule has 0 atom stereocenters. The minimum Gasteiger partial charge on any atom is -0.493 e. The van der Waals surface area contributed by atoms with Gasteiger partial charge in [-0.05, 0) is 78.9 Å². The Bertz CT molecular complexity index is 1450. The van der Waals surface area contributed by atoms with E-state index in [0.717, 1.165) is 22.2 Å². The van der Waals surface area contributed by atoms with Crippen LogP contribution in [0, 0.1) is 6.92 Å². The van der Waals surface area contributed by atoms with Crippen LogP contribution in [-0.2, 0) is 14.9 Å². The van der Waals surface area contributed by atoms with Crippen LogP contribution in [0.5, 0.6) is 17.2 Å². The van der Waals surface area contributed by atoms with E-state index in [2.05, 4.69) is 0 Å². The molecule has 0 radical (unpaired) electrons. The molecule has 0 saturated carbocycles. The van der Waals surface area contributed by atoms with E-state index in [9.17, 15) is 18.0 Å². The third kappa shape index (κ3) is 6.46. The molecule has 0 bridgehead atoms. The molecule has 37 heavy (non-hydrogen) atoms. The highest BCUT2D eigenvalue weighted by atomic mass is 35.5. The van der Waals surface area contributed by atoms with Gasteiger partial charge < -0.3 is 13.7 Å². The van der Waals surface area contributed by atoms with Crippen LogP contribution in [0.2, 0.25) is 5.02 Å². The maximum absolute atomic E-state index is 12.8. The van der Waals surface area contributed by atoms with Crippen LogP contribution in [0.25, 0.3) is 6.08 Å². The number of ether oxygens (including phenoxy) is 2. The lowest BCUT2D eigenvalue weighted by molar-refractivity contribution is -0.123. The largest absolute Gasteiger partial charge is 0.493 e. The first-order valence-electron chi connectivity index (χ1n) is 11.0. The number of nitrogens with zero attached hydrogens (tertiary/aromatic N) is 1. The lowest BCUT2D eigenvalue weighted by Gasteiger charge is -2.13. The summed E-state index contributed by atoms with van der Waals surface area (Å²) in [6.07, 6.45) is 1.53. The Morgan fingerprint density at radius 2 is 1.68 bits per heavy atom. The number of benzene rings is 3. The number of carbonyl (C=O) groups excluding carboxylic acids is 2. The van der Waals surface area contributed by atoms with Crippen LogP contribution >= 0.6 is 23.4 Å². The lowest BCUT2D eigenvalue weighted by Crippen LogP contribution is -2.32. The van der Waals surface area contributed by atoms with Gasteiger partial charge in [-0.15, -0.1) is 0 Å². The topological polar surface area (TPSA) is 99.2 Å². The smallest absolute Gasteiger partial charge is 0.339 e. The van der Waals surface area contributed by atoms with Gasteiger partial charge in [-0.3, -0.25) is 14.5 Å². The molecule has 1 heterocycles. The molecule has 0 aromatic heterocycles. The molecule has 1 saturated heterocycles. The number of methoxy groups -OCH3 is 1. The normalized spacial score (nSPS) is 14.8. The highest BCUT2D eigenvalue weighted by Gasteiger charge is 2.35. The van der Waals surface area contributed by atoms with Crippen molar-refractivity contribution >= 4 is 50.7 Å². The van der Waals surface area contributed by atoms with Crippen molar-refractivity contribution in [1.82, 2.24) is 4.90 Å². The third-order valence-electron chi connectivity index (χ3n) is 5.27. The zero-order valence-corrected chi connectivity index (χ0v) is 22.2. The van der Waals surface area contributed by atoms with Gasteiger partial charge in [0.1, 0.15) is 17.3 Å². The minimum atomic E-state index is -4.13. The lowest BCUT2D eigenvalue weighted by atomic mass is 10.2. The maximum atomic E-state index is 12.8. The number of hydrogen-bond donors (Lipinski definition) is 0. The number of aryl methyl sites for hydroxylation is 1. The van der Waals surface area contributed by atoms with Crippen LogP contribution in [0.1, 0.15) is 11.1 Å². The van der Waals surface area contributed by atoms with Crippen LogP contribution < -0.4 is 13.7 Å². The average Bonchev–Trinajstić information content (AvgIpc) is 3.13. The molecule has 0 N–H and O–H groups in total. The molecule has 11 heteroatoms. The molecule has 1 aliphatic heterocycles. The summed E-state index contributed by atoms with van der Waals surface area (Å²) in [5, 5.41) is -0.00572. The summed E-state index contributed by atoms with van der Waals surface area (Å²) in [7, 11) is -2.76. The molecule has 0 aliphatic carbocycles. The monoisotopic (exact) mass is 559 g/mol. The molecule has 8 nitrogen and oxygen atoms in total. The molecular weight excluding hydrogens is 538 g/mol. The molecule has 192 valence electrons. The van der Waals surface area contributed by atoms with Gasteiger partial charge in [0.25, 0.3) is 11.1 Å². The van der Waals surface area contributed by atoms with Gasteiger partial charge >= 0.3 is 10.1 Å². The van der Waals surface area contributed by atoms with E-state index in [0.29, 0.717) is 16.3 Å². The average molecular weight is 560 g/mol. The van der Waals surface area contributed by atoms with Crippen molar-refractivity contribution in [2.75, 3.05) is 20.3 Å². The quantitative estimate of drug-likeness (QED) is 0.249. The number of halogens is 1. The summed E-state index contributed by atoms with van der Waals surface area (Å²) in [6.45, 7) is 2.24.